The number of halogens is 4. The maximum Gasteiger partial charge on any atom is 0.408 e. The van der Waals surface area contributed by atoms with Crippen molar-refractivity contribution in [2.24, 2.45) is 0 Å². The summed E-state index contributed by atoms with van der Waals surface area (Å²) >= 11 is 0. The van der Waals surface area contributed by atoms with Crippen molar-refractivity contribution in [3.63, 3.8) is 0 Å². The lowest BCUT2D eigenvalue weighted by Gasteiger charge is -2.21. The van der Waals surface area contributed by atoms with Gasteiger partial charge in [0.1, 0.15) is 11.9 Å². The van der Waals surface area contributed by atoms with E-state index in [1.165, 1.54) is 12.1 Å². The van der Waals surface area contributed by atoms with Crippen molar-refractivity contribution >= 4 is 0 Å². The Hall–Kier alpha value is -1.10. The maximum absolute atomic E-state index is 13.2. The Kier molecular flexibility index (Phi) is 3.68. The Bertz CT molecular complexity index is 321. The van der Waals surface area contributed by atoms with Crippen LogP contribution in [0, 0.1) is 5.82 Å². The molecule has 1 N–H and O–H groups in total. The number of hydrogen-bond donors (Lipinski definition) is 1. The molecule has 0 aliphatic heterocycles. The fraction of sp³-hybridized carbons (Fsp3) is 0.400. The SMILES string of the molecule is CCNC(c1ccccc1F)C(F)(F)F. The molecule has 0 radical (unpaired) electrons. The minimum atomic E-state index is -4.49. The van der Waals surface area contributed by atoms with E-state index in [1.807, 2.05) is 0 Å². The van der Waals surface area contributed by atoms with Crippen LogP contribution in [0.15, 0.2) is 24.3 Å². The highest BCUT2D eigenvalue weighted by Crippen LogP contribution is 2.33. The van der Waals surface area contributed by atoms with Crippen molar-refractivity contribution in [2.75, 3.05) is 6.54 Å². The number of nitrogens with one attached hydrogen (secondary N) is 1. The van der Waals surface area contributed by atoms with Crippen LogP contribution >= 0.6 is 0 Å². The van der Waals surface area contributed by atoms with Crippen LogP contribution in [0.4, 0.5) is 17.6 Å². The van der Waals surface area contributed by atoms with Crippen molar-refractivity contribution < 1.29 is 17.6 Å². The topological polar surface area (TPSA) is 12.0 Å². The van der Waals surface area contributed by atoms with Gasteiger partial charge in [0.15, 0.2) is 0 Å². The molecule has 0 aliphatic rings. The molecule has 0 heterocycles. The summed E-state index contributed by atoms with van der Waals surface area (Å²) in [7, 11) is 0. The lowest BCUT2D eigenvalue weighted by atomic mass is 10.1. The average molecular weight is 221 g/mol. The van der Waals surface area contributed by atoms with Crippen LogP contribution in [0.25, 0.3) is 0 Å². The average Bonchev–Trinajstić information content (AvgIpc) is 2.14. The van der Waals surface area contributed by atoms with Crippen molar-refractivity contribution in [3.05, 3.63) is 35.6 Å². The molecule has 0 saturated carbocycles. The number of alkyl halides is 3. The summed E-state index contributed by atoms with van der Waals surface area (Å²) in [6.07, 6.45) is -4.49. The summed E-state index contributed by atoms with van der Waals surface area (Å²) in [5.74, 6) is -0.847. The zero-order valence-electron chi connectivity index (χ0n) is 8.11. The normalized spacial score (nSPS) is 13.9. The fourth-order valence-corrected chi connectivity index (χ4v) is 1.32. The molecule has 5 heteroatoms. The summed E-state index contributed by atoms with van der Waals surface area (Å²) < 4.78 is 50.8. The van der Waals surface area contributed by atoms with Crippen LogP contribution in [0.5, 0.6) is 0 Å². The van der Waals surface area contributed by atoms with Gasteiger partial charge in [0, 0.05) is 5.56 Å². The van der Waals surface area contributed by atoms with Crippen LogP contribution in [0.3, 0.4) is 0 Å². The van der Waals surface area contributed by atoms with E-state index in [1.54, 1.807) is 6.92 Å². The molecule has 15 heavy (non-hydrogen) atoms. The summed E-state index contributed by atoms with van der Waals surface area (Å²) in [5, 5.41) is 2.21. The summed E-state index contributed by atoms with van der Waals surface area (Å²) in [4.78, 5) is 0. The van der Waals surface area contributed by atoms with E-state index in [0.717, 1.165) is 12.1 Å². The molecular formula is C10H11F4N. The van der Waals surface area contributed by atoms with Gasteiger partial charge >= 0.3 is 6.18 Å². The van der Waals surface area contributed by atoms with E-state index < -0.39 is 18.0 Å². The van der Waals surface area contributed by atoms with Gasteiger partial charge in [-0.15, -0.1) is 0 Å². The van der Waals surface area contributed by atoms with Gasteiger partial charge in [-0.2, -0.15) is 13.2 Å². The second-order valence-electron chi connectivity index (χ2n) is 3.05. The minimum Gasteiger partial charge on any atom is -0.303 e. The molecule has 0 aromatic heterocycles. The zero-order chi connectivity index (χ0) is 11.5. The molecule has 0 spiro atoms. The summed E-state index contributed by atoms with van der Waals surface area (Å²) in [6.45, 7) is 1.66. The highest BCUT2D eigenvalue weighted by molar-refractivity contribution is 5.22. The molecule has 1 aromatic carbocycles. The van der Waals surface area contributed by atoms with Gasteiger partial charge in [-0.3, -0.25) is 0 Å². The van der Waals surface area contributed by atoms with Gasteiger partial charge in [0.2, 0.25) is 0 Å². The molecule has 0 fully saturated rings. The van der Waals surface area contributed by atoms with Crippen molar-refractivity contribution in [1.82, 2.24) is 5.32 Å². The van der Waals surface area contributed by atoms with Gasteiger partial charge in [0.05, 0.1) is 0 Å². The summed E-state index contributed by atoms with van der Waals surface area (Å²) in [6, 6.07) is 2.96. The predicted molar refractivity (Wildman–Crippen MR) is 48.9 cm³/mol. The van der Waals surface area contributed by atoms with Crippen LogP contribution in [-0.4, -0.2) is 12.7 Å². The molecule has 1 rings (SSSR count). The quantitative estimate of drug-likeness (QED) is 0.773. The van der Waals surface area contributed by atoms with E-state index in [9.17, 15) is 17.6 Å². The van der Waals surface area contributed by atoms with Gasteiger partial charge in [-0.1, -0.05) is 25.1 Å². The third-order valence-corrected chi connectivity index (χ3v) is 1.95. The first-order chi connectivity index (χ1) is 6.96. The second kappa shape index (κ2) is 4.61. The lowest BCUT2D eigenvalue weighted by Crippen LogP contribution is -2.34. The Morgan fingerprint density at radius 1 is 1.27 bits per heavy atom. The first-order valence-corrected chi connectivity index (χ1v) is 4.51. The first-order valence-electron chi connectivity index (χ1n) is 4.51. The van der Waals surface area contributed by atoms with Crippen molar-refractivity contribution in [2.45, 2.75) is 19.1 Å². The predicted octanol–water partition coefficient (Wildman–Crippen LogP) is 3.04. The molecule has 1 unspecified atom stereocenters. The second-order valence-corrected chi connectivity index (χ2v) is 3.05. The Balaban J connectivity index is 3.05. The third kappa shape index (κ3) is 2.92. The van der Waals surface area contributed by atoms with E-state index in [4.69, 9.17) is 0 Å². The molecular weight excluding hydrogens is 210 g/mol. The van der Waals surface area contributed by atoms with Crippen LogP contribution < -0.4 is 5.32 Å². The molecule has 1 atom stereocenters. The Morgan fingerprint density at radius 3 is 2.33 bits per heavy atom. The van der Waals surface area contributed by atoms with Gasteiger partial charge in [0.25, 0.3) is 0 Å². The standard InChI is InChI=1S/C10H11F4N/c1-2-15-9(10(12,13)14)7-5-3-4-6-8(7)11/h3-6,9,15H,2H2,1H3. The van der Waals surface area contributed by atoms with E-state index in [-0.39, 0.29) is 12.1 Å². The van der Waals surface area contributed by atoms with Crippen LogP contribution in [0.1, 0.15) is 18.5 Å². The Morgan fingerprint density at radius 2 is 1.87 bits per heavy atom. The lowest BCUT2D eigenvalue weighted by molar-refractivity contribution is -0.158. The van der Waals surface area contributed by atoms with Crippen LogP contribution in [-0.2, 0) is 0 Å². The number of hydrogen-bond acceptors (Lipinski definition) is 1. The summed E-state index contributed by atoms with van der Waals surface area (Å²) in [5.41, 5.74) is -0.369. The molecule has 0 amide bonds. The molecule has 0 saturated heterocycles. The fourth-order valence-electron chi connectivity index (χ4n) is 1.32. The van der Waals surface area contributed by atoms with Gasteiger partial charge < -0.3 is 5.32 Å². The van der Waals surface area contributed by atoms with E-state index in [2.05, 4.69) is 5.32 Å². The molecule has 0 bridgehead atoms. The minimum absolute atomic E-state index is 0.124. The maximum atomic E-state index is 13.2. The van der Waals surface area contributed by atoms with E-state index in [0.29, 0.717) is 0 Å². The van der Waals surface area contributed by atoms with Gasteiger partial charge in [-0.25, -0.2) is 4.39 Å². The molecule has 0 aliphatic carbocycles. The molecule has 1 aromatic rings. The molecule has 1 nitrogen and oxygen atoms in total. The van der Waals surface area contributed by atoms with E-state index >= 15 is 0 Å². The molecule has 84 valence electrons. The highest BCUT2D eigenvalue weighted by atomic mass is 19.4. The van der Waals surface area contributed by atoms with Crippen molar-refractivity contribution in [1.29, 1.82) is 0 Å². The monoisotopic (exact) mass is 221 g/mol. The van der Waals surface area contributed by atoms with Crippen molar-refractivity contribution in [3.8, 4) is 0 Å². The Labute approximate surface area is 85.1 Å². The smallest absolute Gasteiger partial charge is 0.303 e. The zero-order valence-corrected chi connectivity index (χ0v) is 8.11. The first kappa shape index (κ1) is 12.0. The number of rotatable bonds is 3. The third-order valence-electron chi connectivity index (χ3n) is 1.95. The van der Waals surface area contributed by atoms with Crippen LogP contribution in [0.2, 0.25) is 0 Å². The number of benzene rings is 1. The largest absolute Gasteiger partial charge is 0.408 e. The van der Waals surface area contributed by atoms with Gasteiger partial charge in [-0.05, 0) is 12.6 Å². The highest BCUT2D eigenvalue weighted by Gasteiger charge is 2.41.